The van der Waals surface area contributed by atoms with E-state index in [0.717, 1.165) is 12.2 Å². The van der Waals surface area contributed by atoms with E-state index < -0.39 is 0 Å². The van der Waals surface area contributed by atoms with Crippen LogP contribution in [0.4, 0.5) is 0 Å². The van der Waals surface area contributed by atoms with Gasteiger partial charge in [0.05, 0.1) is 0 Å². The summed E-state index contributed by atoms with van der Waals surface area (Å²) in [5.41, 5.74) is 8.04. The maximum Gasteiger partial charge on any atom is 0.0375 e. The second-order valence-corrected chi connectivity index (χ2v) is 2.46. The minimum absolute atomic E-state index is 0.773. The molecule has 0 aromatic carbocycles. The molecule has 0 bridgehead atoms. The van der Waals surface area contributed by atoms with Gasteiger partial charge in [0.2, 0.25) is 0 Å². The predicted molar refractivity (Wildman–Crippen MR) is 53.9 cm³/mol. The third-order valence-corrected chi connectivity index (χ3v) is 1.50. The largest absolute Gasteiger partial charge is 0.329 e. The van der Waals surface area contributed by atoms with Crippen molar-refractivity contribution in [1.82, 2.24) is 10.9 Å². The van der Waals surface area contributed by atoms with Crippen molar-refractivity contribution in [2.45, 2.75) is 20.8 Å². The molecule has 3 heteroatoms. The van der Waals surface area contributed by atoms with Crippen LogP contribution in [0.25, 0.3) is 0 Å². The second kappa shape index (κ2) is 6.61. The molecule has 0 rings (SSSR count). The van der Waals surface area contributed by atoms with Crippen LogP contribution in [0.2, 0.25) is 0 Å². The molecule has 0 radical (unpaired) electrons. The van der Waals surface area contributed by atoms with E-state index in [2.05, 4.69) is 22.4 Å². The maximum absolute atomic E-state index is 4.16. The fourth-order valence-corrected chi connectivity index (χ4v) is 0.688. The van der Waals surface area contributed by atoms with E-state index >= 15 is 0 Å². The van der Waals surface area contributed by atoms with Gasteiger partial charge in [-0.15, -0.1) is 0 Å². The van der Waals surface area contributed by atoms with Crippen molar-refractivity contribution in [3.8, 4) is 0 Å². The number of hydrogen-bond acceptors (Lipinski definition) is 3. The number of nitrogens with zero attached hydrogens (tertiary/aromatic N) is 1. The van der Waals surface area contributed by atoms with E-state index in [0.29, 0.717) is 0 Å². The van der Waals surface area contributed by atoms with Crippen molar-refractivity contribution in [3.63, 3.8) is 0 Å². The highest BCUT2D eigenvalue weighted by atomic mass is 15.3. The summed E-state index contributed by atoms with van der Waals surface area (Å²) in [6.45, 7) is 10.2. The lowest BCUT2D eigenvalue weighted by Gasteiger charge is -2.05. The molecule has 0 aromatic rings. The van der Waals surface area contributed by atoms with Crippen molar-refractivity contribution in [2.24, 2.45) is 4.99 Å². The van der Waals surface area contributed by atoms with Crippen molar-refractivity contribution >= 4 is 6.21 Å². The molecule has 0 aromatic heterocycles. The van der Waals surface area contributed by atoms with Gasteiger partial charge in [0.15, 0.2) is 0 Å². The number of nitrogens with one attached hydrogen (secondary N) is 2. The number of hydrazine groups is 1. The number of aliphatic imine (C=N–C) groups is 1. The van der Waals surface area contributed by atoms with E-state index in [9.17, 15) is 0 Å². The van der Waals surface area contributed by atoms with Gasteiger partial charge in [0, 0.05) is 24.7 Å². The van der Waals surface area contributed by atoms with Crippen LogP contribution >= 0.6 is 0 Å². The molecule has 68 valence electrons. The zero-order valence-corrected chi connectivity index (χ0v) is 8.02. The molecule has 0 aliphatic carbocycles. The Balaban J connectivity index is 3.89. The van der Waals surface area contributed by atoms with Crippen LogP contribution in [-0.2, 0) is 0 Å². The summed E-state index contributed by atoms with van der Waals surface area (Å²) < 4.78 is 0. The SMILES string of the molecule is C=CNNC/C(C)=C(\C)N=CC. The normalized spacial score (nSPS) is 12.9. The van der Waals surface area contributed by atoms with Gasteiger partial charge in [0.1, 0.15) is 0 Å². The Labute approximate surface area is 74.2 Å². The summed E-state index contributed by atoms with van der Waals surface area (Å²) in [5.74, 6) is 0. The number of hydrogen-bond donors (Lipinski definition) is 2. The third-order valence-electron chi connectivity index (χ3n) is 1.50. The lowest BCUT2D eigenvalue weighted by atomic mass is 10.2. The summed E-state index contributed by atoms with van der Waals surface area (Å²) in [6.07, 6.45) is 3.39. The summed E-state index contributed by atoms with van der Waals surface area (Å²) >= 11 is 0. The van der Waals surface area contributed by atoms with Crippen LogP contribution in [0.3, 0.4) is 0 Å². The first-order chi connectivity index (χ1) is 5.72. The van der Waals surface area contributed by atoms with Gasteiger partial charge in [0.25, 0.3) is 0 Å². The number of allylic oxidation sites excluding steroid dienone is 1. The quantitative estimate of drug-likeness (QED) is 0.371. The highest BCUT2D eigenvalue weighted by molar-refractivity contribution is 5.55. The maximum atomic E-state index is 4.16. The van der Waals surface area contributed by atoms with Crippen LogP contribution in [0.5, 0.6) is 0 Å². The molecule has 0 saturated carbocycles. The molecule has 0 amide bonds. The van der Waals surface area contributed by atoms with Crippen LogP contribution in [0.1, 0.15) is 20.8 Å². The van der Waals surface area contributed by atoms with Crippen LogP contribution in [-0.4, -0.2) is 12.8 Å². The third kappa shape index (κ3) is 4.68. The first-order valence-electron chi connectivity index (χ1n) is 3.96. The molecular formula is C9H17N3. The molecule has 2 N–H and O–H groups in total. The minimum atomic E-state index is 0.773. The van der Waals surface area contributed by atoms with Crippen LogP contribution in [0, 0.1) is 0 Å². The second-order valence-electron chi connectivity index (χ2n) is 2.46. The van der Waals surface area contributed by atoms with E-state index in [4.69, 9.17) is 0 Å². The summed E-state index contributed by atoms with van der Waals surface area (Å²) in [5, 5.41) is 0. The van der Waals surface area contributed by atoms with Crippen LogP contribution in [0.15, 0.2) is 29.0 Å². The molecule has 0 fully saturated rings. The minimum Gasteiger partial charge on any atom is -0.329 e. The van der Waals surface area contributed by atoms with E-state index in [1.165, 1.54) is 5.57 Å². The molecule has 0 aliphatic rings. The molecule has 12 heavy (non-hydrogen) atoms. The Morgan fingerprint density at radius 3 is 2.67 bits per heavy atom. The predicted octanol–water partition coefficient (Wildman–Crippen LogP) is 1.61. The molecule has 3 nitrogen and oxygen atoms in total. The summed E-state index contributed by atoms with van der Waals surface area (Å²) in [6, 6.07) is 0. The Morgan fingerprint density at radius 1 is 1.50 bits per heavy atom. The molecule has 0 heterocycles. The smallest absolute Gasteiger partial charge is 0.0375 e. The van der Waals surface area contributed by atoms with Crippen molar-refractivity contribution in [1.29, 1.82) is 0 Å². The van der Waals surface area contributed by atoms with E-state index in [1.807, 2.05) is 20.8 Å². The number of rotatable bonds is 5. The average molecular weight is 167 g/mol. The fourth-order valence-electron chi connectivity index (χ4n) is 0.688. The first-order valence-corrected chi connectivity index (χ1v) is 3.96. The molecular weight excluding hydrogens is 150 g/mol. The first kappa shape index (κ1) is 10.9. The van der Waals surface area contributed by atoms with Crippen molar-refractivity contribution in [3.05, 3.63) is 24.0 Å². The van der Waals surface area contributed by atoms with Gasteiger partial charge >= 0.3 is 0 Å². The Kier molecular flexibility index (Phi) is 6.01. The van der Waals surface area contributed by atoms with E-state index in [1.54, 1.807) is 12.4 Å². The fraction of sp³-hybridized carbons (Fsp3) is 0.444. The highest BCUT2D eigenvalue weighted by Gasteiger charge is 1.92. The zero-order chi connectivity index (χ0) is 9.40. The monoisotopic (exact) mass is 167 g/mol. The van der Waals surface area contributed by atoms with Crippen molar-refractivity contribution in [2.75, 3.05) is 6.54 Å². The zero-order valence-electron chi connectivity index (χ0n) is 8.02. The van der Waals surface area contributed by atoms with Gasteiger partial charge < -0.3 is 5.43 Å². The Hall–Kier alpha value is -1.09. The van der Waals surface area contributed by atoms with Gasteiger partial charge in [-0.05, 0) is 26.3 Å². The standard InChI is InChI=1S/C9H17N3/c1-5-10-9(4)8(3)7-12-11-6-2/h5-6,11-12H,2,7H2,1,3-4H3/b9-8+,10-5?. The highest BCUT2D eigenvalue weighted by Crippen LogP contribution is 2.01. The molecule has 0 unspecified atom stereocenters. The van der Waals surface area contributed by atoms with Crippen molar-refractivity contribution < 1.29 is 0 Å². The topological polar surface area (TPSA) is 36.4 Å². The molecule has 0 spiro atoms. The average Bonchev–Trinajstić information content (AvgIpc) is 2.05. The summed E-state index contributed by atoms with van der Waals surface area (Å²) in [4.78, 5) is 4.16. The van der Waals surface area contributed by atoms with Gasteiger partial charge in [-0.3, -0.25) is 4.99 Å². The summed E-state index contributed by atoms with van der Waals surface area (Å²) in [7, 11) is 0. The van der Waals surface area contributed by atoms with Gasteiger partial charge in [-0.2, -0.15) is 0 Å². The van der Waals surface area contributed by atoms with Gasteiger partial charge in [-0.1, -0.05) is 6.58 Å². The Bertz CT molecular complexity index is 192. The van der Waals surface area contributed by atoms with E-state index in [-0.39, 0.29) is 0 Å². The molecule has 0 saturated heterocycles. The lowest BCUT2D eigenvalue weighted by molar-refractivity contribution is 0.665. The molecule has 0 aliphatic heterocycles. The molecule has 0 atom stereocenters. The Morgan fingerprint density at radius 2 is 2.17 bits per heavy atom. The van der Waals surface area contributed by atoms with Gasteiger partial charge in [-0.25, -0.2) is 5.43 Å². The lowest BCUT2D eigenvalue weighted by Crippen LogP contribution is -2.28. The van der Waals surface area contributed by atoms with Crippen LogP contribution < -0.4 is 10.9 Å².